The lowest BCUT2D eigenvalue weighted by atomic mass is 10.2. The van der Waals surface area contributed by atoms with Gasteiger partial charge in [-0.15, -0.1) is 0 Å². The molecule has 3 rings (SSSR count). The number of hydrogen-bond acceptors (Lipinski definition) is 4. The largest absolute Gasteiger partial charge is 0.332 e. The molecule has 0 saturated carbocycles. The minimum absolute atomic E-state index is 0.0549. The van der Waals surface area contributed by atoms with Crippen molar-refractivity contribution in [3.63, 3.8) is 0 Å². The Morgan fingerprint density at radius 1 is 0.800 bits per heavy atom. The van der Waals surface area contributed by atoms with Gasteiger partial charge in [0.25, 0.3) is 15.9 Å². The molecule has 0 aliphatic heterocycles. The zero-order valence-electron chi connectivity index (χ0n) is 15.2. The van der Waals surface area contributed by atoms with Crippen molar-refractivity contribution in [3.05, 3.63) is 88.4 Å². The second kappa shape index (κ2) is 9.44. The van der Waals surface area contributed by atoms with Crippen LogP contribution in [0.2, 0.25) is 10.0 Å². The third kappa shape index (κ3) is 5.70. The smallest absolute Gasteiger partial charge is 0.264 e. The van der Waals surface area contributed by atoms with Crippen LogP contribution in [0.1, 0.15) is 10.4 Å². The molecule has 1 amide bonds. The summed E-state index contributed by atoms with van der Waals surface area (Å²) >= 11 is 17.1. The average molecular weight is 480 g/mol. The lowest BCUT2D eigenvalue weighted by molar-refractivity contribution is 0.0981. The van der Waals surface area contributed by atoms with E-state index in [1.165, 1.54) is 36.4 Å². The Bertz CT molecular complexity index is 1190. The summed E-state index contributed by atoms with van der Waals surface area (Å²) in [4.78, 5) is 12.1. The van der Waals surface area contributed by atoms with Gasteiger partial charge in [0.05, 0.1) is 14.9 Å². The highest BCUT2D eigenvalue weighted by molar-refractivity contribution is 7.90. The van der Waals surface area contributed by atoms with Crippen molar-refractivity contribution >= 4 is 67.8 Å². The highest BCUT2D eigenvalue weighted by Gasteiger charge is 2.18. The predicted octanol–water partition coefficient (Wildman–Crippen LogP) is 4.92. The Morgan fingerprint density at radius 2 is 1.40 bits per heavy atom. The number of anilines is 2. The molecular formula is C20H15Cl2N3O3S2. The molecule has 3 aromatic rings. The number of carbonyl (C=O) groups excluding carboxylic acids is 1. The quantitative estimate of drug-likeness (QED) is 0.450. The highest BCUT2D eigenvalue weighted by atomic mass is 35.5. The molecule has 0 aliphatic rings. The zero-order chi connectivity index (χ0) is 21.7. The molecule has 10 heteroatoms. The lowest BCUT2D eigenvalue weighted by Crippen LogP contribution is -2.30. The molecule has 0 spiro atoms. The second-order valence-electron chi connectivity index (χ2n) is 6.03. The van der Waals surface area contributed by atoms with E-state index in [1.807, 2.05) is 4.72 Å². The standard InChI is InChI=1S/C20H15Cl2N3O3S2/c21-17-11-8-15(12-18(17)22)24-20(29)23-14-6-9-16(10-7-14)30(27,28)25-19(26)13-4-2-1-3-5-13/h1-12H,(H,25,26)(H2,23,24,29). The van der Waals surface area contributed by atoms with Crippen molar-refractivity contribution in [2.75, 3.05) is 10.6 Å². The van der Waals surface area contributed by atoms with Gasteiger partial charge in [-0.3, -0.25) is 4.79 Å². The summed E-state index contributed by atoms with van der Waals surface area (Å²) in [7, 11) is -4.01. The van der Waals surface area contributed by atoms with Crippen molar-refractivity contribution in [2.45, 2.75) is 4.90 Å². The van der Waals surface area contributed by atoms with Gasteiger partial charge in [0.2, 0.25) is 0 Å². The fourth-order valence-corrected chi connectivity index (χ4v) is 3.92. The van der Waals surface area contributed by atoms with Gasteiger partial charge in [-0.05, 0) is 66.8 Å². The molecule has 0 fully saturated rings. The van der Waals surface area contributed by atoms with Crippen LogP contribution in [0, 0.1) is 0 Å². The summed E-state index contributed by atoms with van der Waals surface area (Å²) < 4.78 is 26.9. The third-order valence-corrected chi connectivity index (χ3v) is 6.15. The molecule has 0 saturated heterocycles. The van der Waals surface area contributed by atoms with Crippen LogP contribution in [-0.2, 0) is 10.0 Å². The van der Waals surface area contributed by atoms with Gasteiger partial charge in [-0.25, -0.2) is 13.1 Å². The second-order valence-corrected chi connectivity index (χ2v) is 8.94. The van der Waals surface area contributed by atoms with Gasteiger partial charge in [-0.2, -0.15) is 0 Å². The van der Waals surface area contributed by atoms with Crippen molar-refractivity contribution in [3.8, 4) is 0 Å². The van der Waals surface area contributed by atoms with Crippen LogP contribution in [-0.4, -0.2) is 19.4 Å². The number of thiocarbonyl (C=S) groups is 1. The van der Waals surface area contributed by atoms with Gasteiger partial charge in [0.1, 0.15) is 0 Å². The topological polar surface area (TPSA) is 87.3 Å². The molecule has 0 aromatic heterocycles. The number of benzene rings is 3. The molecule has 6 nitrogen and oxygen atoms in total. The number of carbonyl (C=O) groups is 1. The molecule has 0 aliphatic carbocycles. The first kappa shape index (κ1) is 22.0. The molecule has 0 unspecified atom stereocenters. The zero-order valence-corrected chi connectivity index (χ0v) is 18.4. The van der Waals surface area contributed by atoms with E-state index in [-0.39, 0.29) is 15.6 Å². The van der Waals surface area contributed by atoms with Crippen LogP contribution in [0.5, 0.6) is 0 Å². The van der Waals surface area contributed by atoms with E-state index >= 15 is 0 Å². The van der Waals surface area contributed by atoms with Crippen molar-refractivity contribution in [1.82, 2.24) is 4.72 Å². The number of amides is 1. The van der Waals surface area contributed by atoms with Gasteiger partial charge < -0.3 is 10.6 Å². The Balaban J connectivity index is 1.64. The Labute approximate surface area is 189 Å². The van der Waals surface area contributed by atoms with E-state index in [1.54, 1.807) is 36.4 Å². The van der Waals surface area contributed by atoms with E-state index in [0.29, 0.717) is 21.4 Å². The maximum atomic E-state index is 12.4. The van der Waals surface area contributed by atoms with Gasteiger partial charge in [0, 0.05) is 16.9 Å². The number of sulfonamides is 1. The molecule has 3 N–H and O–H groups in total. The molecule has 0 bridgehead atoms. The monoisotopic (exact) mass is 479 g/mol. The highest BCUT2D eigenvalue weighted by Crippen LogP contribution is 2.25. The number of nitrogens with one attached hydrogen (secondary N) is 3. The summed E-state index contributed by atoms with van der Waals surface area (Å²) in [5, 5.41) is 6.97. The summed E-state index contributed by atoms with van der Waals surface area (Å²) in [5.41, 5.74) is 1.45. The molecule has 3 aromatic carbocycles. The van der Waals surface area contributed by atoms with Gasteiger partial charge in [-0.1, -0.05) is 41.4 Å². The first-order chi connectivity index (χ1) is 14.2. The fraction of sp³-hybridized carbons (Fsp3) is 0. The van der Waals surface area contributed by atoms with Crippen LogP contribution in [0.4, 0.5) is 11.4 Å². The summed E-state index contributed by atoms with van der Waals surface area (Å²) in [6.45, 7) is 0. The van der Waals surface area contributed by atoms with Crippen LogP contribution in [0.15, 0.2) is 77.7 Å². The fourth-order valence-electron chi connectivity index (χ4n) is 2.41. The minimum Gasteiger partial charge on any atom is -0.332 e. The Morgan fingerprint density at radius 3 is 2.03 bits per heavy atom. The van der Waals surface area contributed by atoms with Crippen molar-refractivity contribution < 1.29 is 13.2 Å². The molecule has 154 valence electrons. The van der Waals surface area contributed by atoms with E-state index in [9.17, 15) is 13.2 Å². The van der Waals surface area contributed by atoms with Crippen molar-refractivity contribution in [1.29, 1.82) is 0 Å². The van der Waals surface area contributed by atoms with Gasteiger partial charge in [0.15, 0.2) is 5.11 Å². The average Bonchev–Trinajstić information content (AvgIpc) is 2.71. The van der Waals surface area contributed by atoms with E-state index in [4.69, 9.17) is 35.4 Å². The molecule has 30 heavy (non-hydrogen) atoms. The van der Waals surface area contributed by atoms with E-state index in [0.717, 1.165) is 0 Å². The minimum atomic E-state index is -4.01. The summed E-state index contributed by atoms with van der Waals surface area (Å²) in [6, 6.07) is 18.9. The van der Waals surface area contributed by atoms with Crippen LogP contribution in [0.25, 0.3) is 0 Å². The normalized spacial score (nSPS) is 10.9. The Kier molecular flexibility index (Phi) is 6.94. The molecule has 0 radical (unpaired) electrons. The maximum Gasteiger partial charge on any atom is 0.264 e. The van der Waals surface area contributed by atoms with E-state index in [2.05, 4.69) is 10.6 Å². The Hall–Kier alpha value is -2.65. The van der Waals surface area contributed by atoms with Crippen LogP contribution >= 0.6 is 35.4 Å². The first-order valence-electron chi connectivity index (χ1n) is 8.50. The molecule has 0 atom stereocenters. The SMILES string of the molecule is O=C(NS(=O)(=O)c1ccc(NC(=S)Nc2ccc(Cl)c(Cl)c2)cc1)c1ccccc1. The maximum absolute atomic E-state index is 12.4. The molecule has 0 heterocycles. The van der Waals surface area contributed by atoms with E-state index < -0.39 is 15.9 Å². The predicted molar refractivity (Wildman–Crippen MR) is 124 cm³/mol. The number of hydrogen-bond donors (Lipinski definition) is 3. The summed E-state index contributed by atoms with van der Waals surface area (Å²) in [6.07, 6.45) is 0. The van der Waals surface area contributed by atoms with Gasteiger partial charge >= 0.3 is 0 Å². The van der Waals surface area contributed by atoms with Crippen LogP contribution < -0.4 is 15.4 Å². The lowest BCUT2D eigenvalue weighted by Gasteiger charge is -2.12. The number of halogens is 2. The summed E-state index contributed by atoms with van der Waals surface area (Å²) in [5.74, 6) is -0.704. The number of rotatable bonds is 5. The van der Waals surface area contributed by atoms with Crippen LogP contribution in [0.3, 0.4) is 0 Å². The third-order valence-electron chi connectivity index (χ3n) is 3.86. The van der Waals surface area contributed by atoms with Crippen molar-refractivity contribution in [2.24, 2.45) is 0 Å². The molecular weight excluding hydrogens is 465 g/mol. The first-order valence-corrected chi connectivity index (χ1v) is 11.1.